The van der Waals surface area contributed by atoms with Crippen LogP contribution in [-0.4, -0.2) is 27.2 Å². The van der Waals surface area contributed by atoms with Crippen molar-refractivity contribution >= 4 is 23.3 Å². The molecule has 2 rings (SSSR count). The maximum Gasteiger partial charge on any atom is 0.244 e. The zero-order chi connectivity index (χ0) is 19.1. The Morgan fingerprint density at radius 1 is 1.08 bits per heavy atom. The van der Waals surface area contributed by atoms with Crippen molar-refractivity contribution in [2.24, 2.45) is 5.92 Å². The molecule has 1 amide bonds. The zero-order valence-electron chi connectivity index (χ0n) is 15.7. The van der Waals surface area contributed by atoms with Crippen molar-refractivity contribution in [2.75, 3.05) is 21.3 Å². The number of nitrogens with one attached hydrogen (secondary N) is 1. The van der Waals surface area contributed by atoms with E-state index >= 15 is 0 Å². The standard InChI is InChI=1S/C20H25NO4S/c1-13(2)20(18-7-6-10-26-18)21-19(22)9-8-14-11-16(24-4)17(25-5)12-15(14)23-3/h6-13,20H,1-5H3,(H,21,22)/b9-8+/t20-/m0/s1. The molecule has 140 valence electrons. The number of carbonyl (C=O) groups is 1. The van der Waals surface area contributed by atoms with Crippen LogP contribution in [0.25, 0.3) is 6.08 Å². The Bertz CT molecular complexity index is 753. The van der Waals surface area contributed by atoms with Crippen LogP contribution in [-0.2, 0) is 4.79 Å². The lowest BCUT2D eigenvalue weighted by Crippen LogP contribution is -2.29. The minimum atomic E-state index is -0.158. The monoisotopic (exact) mass is 375 g/mol. The first-order chi connectivity index (χ1) is 12.5. The van der Waals surface area contributed by atoms with Crippen molar-refractivity contribution in [2.45, 2.75) is 19.9 Å². The SMILES string of the molecule is COc1cc(OC)c(OC)cc1/C=C/C(=O)N[C@H](c1cccs1)C(C)C. The predicted octanol–water partition coefficient (Wildman–Crippen LogP) is 4.30. The van der Waals surface area contributed by atoms with Crippen LogP contribution < -0.4 is 19.5 Å². The fraction of sp³-hybridized carbons (Fsp3) is 0.350. The van der Waals surface area contributed by atoms with Gasteiger partial charge in [-0.25, -0.2) is 0 Å². The number of methoxy groups -OCH3 is 3. The van der Waals surface area contributed by atoms with Crippen LogP contribution in [0.4, 0.5) is 0 Å². The molecule has 0 bridgehead atoms. The van der Waals surface area contributed by atoms with Gasteiger partial charge in [-0.15, -0.1) is 11.3 Å². The summed E-state index contributed by atoms with van der Waals surface area (Å²) in [6.07, 6.45) is 3.22. The molecule has 0 radical (unpaired) electrons. The molecule has 1 aromatic heterocycles. The average Bonchev–Trinajstić information content (AvgIpc) is 3.17. The van der Waals surface area contributed by atoms with Gasteiger partial charge in [-0.2, -0.15) is 0 Å². The first-order valence-corrected chi connectivity index (χ1v) is 9.20. The van der Waals surface area contributed by atoms with E-state index in [-0.39, 0.29) is 11.9 Å². The van der Waals surface area contributed by atoms with E-state index in [2.05, 4.69) is 19.2 Å². The Labute approximate surface area is 158 Å². The summed E-state index contributed by atoms with van der Waals surface area (Å²) in [6.45, 7) is 4.18. The van der Waals surface area contributed by atoms with Crippen LogP contribution in [0.3, 0.4) is 0 Å². The lowest BCUT2D eigenvalue weighted by molar-refractivity contribution is -0.117. The van der Waals surface area contributed by atoms with Gasteiger partial charge < -0.3 is 19.5 Å². The molecule has 0 saturated heterocycles. The summed E-state index contributed by atoms with van der Waals surface area (Å²) in [5, 5.41) is 5.08. The molecule has 1 atom stereocenters. The molecular weight excluding hydrogens is 350 g/mol. The van der Waals surface area contributed by atoms with Gasteiger partial charge in [0.1, 0.15) is 5.75 Å². The lowest BCUT2D eigenvalue weighted by Gasteiger charge is -2.20. The minimum absolute atomic E-state index is 0.0144. The van der Waals surface area contributed by atoms with Crippen molar-refractivity contribution < 1.29 is 19.0 Å². The van der Waals surface area contributed by atoms with E-state index < -0.39 is 0 Å². The van der Waals surface area contributed by atoms with Crippen molar-refractivity contribution in [1.82, 2.24) is 5.32 Å². The van der Waals surface area contributed by atoms with Crippen molar-refractivity contribution in [3.05, 3.63) is 46.2 Å². The molecule has 2 aromatic rings. The normalized spacial score (nSPS) is 12.2. The maximum atomic E-state index is 12.4. The van der Waals surface area contributed by atoms with E-state index in [9.17, 15) is 4.79 Å². The van der Waals surface area contributed by atoms with Gasteiger partial charge in [0.25, 0.3) is 0 Å². The predicted molar refractivity (Wildman–Crippen MR) is 105 cm³/mol. The topological polar surface area (TPSA) is 56.8 Å². The smallest absolute Gasteiger partial charge is 0.244 e. The van der Waals surface area contributed by atoms with Crippen molar-refractivity contribution in [1.29, 1.82) is 0 Å². The molecule has 1 heterocycles. The number of ether oxygens (including phenoxy) is 3. The van der Waals surface area contributed by atoms with Crippen LogP contribution in [0.1, 0.15) is 30.3 Å². The van der Waals surface area contributed by atoms with Gasteiger partial charge in [0, 0.05) is 22.6 Å². The van der Waals surface area contributed by atoms with Gasteiger partial charge in [0.2, 0.25) is 5.91 Å². The van der Waals surface area contributed by atoms with Gasteiger partial charge in [-0.3, -0.25) is 4.79 Å². The number of carbonyl (C=O) groups excluding carboxylic acids is 1. The summed E-state index contributed by atoms with van der Waals surface area (Å²) in [4.78, 5) is 13.6. The molecule has 1 N–H and O–H groups in total. The summed E-state index contributed by atoms with van der Waals surface area (Å²) < 4.78 is 16.0. The maximum absolute atomic E-state index is 12.4. The number of thiophene rings is 1. The Hall–Kier alpha value is -2.47. The number of benzene rings is 1. The minimum Gasteiger partial charge on any atom is -0.496 e. The van der Waals surface area contributed by atoms with Crippen LogP contribution in [0, 0.1) is 5.92 Å². The van der Waals surface area contributed by atoms with E-state index in [0.29, 0.717) is 23.2 Å². The van der Waals surface area contributed by atoms with E-state index in [1.807, 2.05) is 17.5 Å². The molecule has 0 aliphatic rings. The van der Waals surface area contributed by atoms with Gasteiger partial charge in [-0.1, -0.05) is 19.9 Å². The second-order valence-electron chi connectivity index (χ2n) is 6.03. The quantitative estimate of drug-likeness (QED) is 0.699. The van der Waals surface area contributed by atoms with Crippen molar-refractivity contribution in [3.8, 4) is 17.2 Å². The third kappa shape index (κ3) is 4.79. The van der Waals surface area contributed by atoms with Gasteiger partial charge >= 0.3 is 0 Å². The van der Waals surface area contributed by atoms with Gasteiger partial charge in [0.05, 0.1) is 27.4 Å². The summed E-state index contributed by atoms with van der Waals surface area (Å²) in [5.41, 5.74) is 0.734. The Balaban J connectivity index is 2.19. The molecule has 0 fully saturated rings. The molecule has 6 heteroatoms. The largest absolute Gasteiger partial charge is 0.496 e. The molecule has 5 nitrogen and oxygen atoms in total. The Kier molecular flexibility index (Phi) is 7.09. The summed E-state index contributed by atoms with van der Waals surface area (Å²) in [6, 6.07) is 7.53. The highest BCUT2D eigenvalue weighted by Crippen LogP contribution is 2.35. The molecule has 0 aliphatic heterocycles. The molecular formula is C20H25NO4S. The fourth-order valence-corrected chi connectivity index (χ4v) is 3.53. The first-order valence-electron chi connectivity index (χ1n) is 8.32. The fourth-order valence-electron chi connectivity index (χ4n) is 2.58. The number of amides is 1. The number of hydrogen-bond acceptors (Lipinski definition) is 5. The highest BCUT2D eigenvalue weighted by Gasteiger charge is 2.18. The second kappa shape index (κ2) is 9.29. The molecule has 0 saturated carbocycles. The second-order valence-corrected chi connectivity index (χ2v) is 7.01. The Morgan fingerprint density at radius 2 is 1.73 bits per heavy atom. The van der Waals surface area contributed by atoms with Crippen LogP contribution in [0.15, 0.2) is 35.7 Å². The zero-order valence-corrected chi connectivity index (χ0v) is 16.6. The lowest BCUT2D eigenvalue weighted by atomic mass is 10.0. The molecule has 26 heavy (non-hydrogen) atoms. The van der Waals surface area contributed by atoms with Gasteiger partial charge in [-0.05, 0) is 29.5 Å². The number of rotatable bonds is 8. The summed E-state index contributed by atoms with van der Waals surface area (Å²) >= 11 is 1.64. The summed E-state index contributed by atoms with van der Waals surface area (Å²) in [5.74, 6) is 1.89. The molecule has 0 aliphatic carbocycles. The first kappa shape index (κ1) is 19.8. The molecule has 1 aromatic carbocycles. The van der Waals surface area contributed by atoms with Crippen molar-refractivity contribution in [3.63, 3.8) is 0 Å². The highest BCUT2D eigenvalue weighted by molar-refractivity contribution is 7.10. The number of hydrogen-bond donors (Lipinski definition) is 1. The third-order valence-electron chi connectivity index (χ3n) is 3.96. The van der Waals surface area contributed by atoms with E-state index in [0.717, 1.165) is 10.4 Å². The van der Waals surface area contributed by atoms with E-state index in [1.165, 1.54) is 6.08 Å². The molecule has 0 unspecified atom stereocenters. The van der Waals surface area contributed by atoms with Gasteiger partial charge in [0.15, 0.2) is 11.5 Å². The summed E-state index contributed by atoms with van der Waals surface area (Å²) in [7, 11) is 4.71. The average molecular weight is 375 g/mol. The third-order valence-corrected chi connectivity index (χ3v) is 4.92. The van der Waals surface area contributed by atoms with Crippen LogP contribution >= 0.6 is 11.3 Å². The van der Waals surface area contributed by atoms with Crippen LogP contribution in [0.5, 0.6) is 17.2 Å². The Morgan fingerprint density at radius 3 is 2.27 bits per heavy atom. The van der Waals surface area contributed by atoms with Crippen LogP contribution in [0.2, 0.25) is 0 Å². The van der Waals surface area contributed by atoms with E-state index in [4.69, 9.17) is 14.2 Å². The highest BCUT2D eigenvalue weighted by atomic mass is 32.1. The molecule has 0 spiro atoms. The van der Waals surface area contributed by atoms with E-state index in [1.54, 1.807) is 50.9 Å².